The van der Waals surface area contributed by atoms with E-state index in [0.717, 1.165) is 108 Å². The van der Waals surface area contributed by atoms with Crippen LogP contribution in [0.4, 0.5) is 0 Å². The molecule has 6 atom stereocenters. The van der Waals surface area contributed by atoms with Gasteiger partial charge in [-0.15, -0.1) is 0 Å². The van der Waals surface area contributed by atoms with Crippen molar-refractivity contribution in [3.05, 3.63) is 0 Å². The summed E-state index contributed by atoms with van der Waals surface area (Å²) < 4.78 is 68.8. The van der Waals surface area contributed by atoms with Crippen molar-refractivity contribution >= 4 is 39.5 Å². The molecule has 0 amide bonds. The Morgan fingerprint density at radius 1 is 0.279 bits per heavy atom. The molecule has 0 saturated carbocycles. The SMILES string of the molecule is CCCCCCCCCCCCCCCCCCCCCCCC(=O)O[C@H](COC(=O)CCCCCCCCCCCCCCCCCCCCC)COP(=O)(O)OC[C@@H](O)COP(=O)(O)OC[C@@H](COC(=O)CCCCCCCCC(C)CC)OC(=O)CCCCCCCCCCCCCC(C)C. The van der Waals surface area contributed by atoms with Crippen LogP contribution in [0.2, 0.25) is 0 Å². The van der Waals surface area contributed by atoms with Crippen molar-refractivity contribution in [2.24, 2.45) is 11.8 Å². The van der Waals surface area contributed by atoms with Crippen LogP contribution in [0.25, 0.3) is 0 Å². The lowest BCUT2D eigenvalue weighted by molar-refractivity contribution is -0.161. The molecular weight excluding hydrogens is 1350 g/mol. The number of aliphatic hydroxyl groups is 1. The van der Waals surface area contributed by atoms with Gasteiger partial charge in [0.15, 0.2) is 12.2 Å². The number of phosphoric ester groups is 2. The highest BCUT2D eigenvalue weighted by atomic mass is 31.2. The normalized spacial score (nSPS) is 14.1. The van der Waals surface area contributed by atoms with Crippen LogP contribution in [-0.2, 0) is 65.4 Å². The van der Waals surface area contributed by atoms with Crippen LogP contribution >= 0.6 is 15.6 Å². The Morgan fingerprint density at radius 2 is 0.490 bits per heavy atom. The zero-order valence-electron chi connectivity index (χ0n) is 68.3. The zero-order valence-corrected chi connectivity index (χ0v) is 70.1. The molecule has 618 valence electrons. The molecule has 0 spiro atoms. The van der Waals surface area contributed by atoms with Gasteiger partial charge in [-0.2, -0.15) is 0 Å². The van der Waals surface area contributed by atoms with E-state index < -0.39 is 97.5 Å². The lowest BCUT2D eigenvalue weighted by atomic mass is 10.00. The summed E-state index contributed by atoms with van der Waals surface area (Å²) in [4.78, 5) is 73.2. The fourth-order valence-corrected chi connectivity index (χ4v) is 14.8. The second-order valence-corrected chi connectivity index (χ2v) is 34.2. The van der Waals surface area contributed by atoms with Crippen molar-refractivity contribution in [3.63, 3.8) is 0 Å². The number of carbonyl (C=O) groups excluding carboxylic acids is 4. The van der Waals surface area contributed by atoms with E-state index in [2.05, 4.69) is 41.5 Å². The molecule has 0 aromatic rings. The summed E-state index contributed by atoms with van der Waals surface area (Å²) in [5.41, 5.74) is 0. The van der Waals surface area contributed by atoms with E-state index in [1.165, 1.54) is 263 Å². The fourth-order valence-electron chi connectivity index (χ4n) is 13.2. The molecule has 104 heavy (non-hydrogen) atoms. The third kappa shape index (κ3) is 76.8. The zero-order chi connectivity index (χ0) is 76.4. The molecule has 0 radical (unpaired) electrons. The van der Waals surface area contributed by atoms with Gasteiger partial charge in [0, 0.05) is 25.7 Å². The number of carbonyl (C=O) groups is 4. The summed E-state index contributed by atoms with van der Waals surface area (Å²) in [5, 5.41) is 10.7. The molecule has 3 unspecified atom stereocenters. The molecular formula is C85H166O17P2. The topological polar surface area (TPSA) is 237 Å². The maximum Gasteiger partial charge on any atom is 0.472 e. The van der Waals surface area contributed by atoms with Crippen LogP contribution < -0.4 is 0 Å². The van der Waals surface area contributed by atoms with E-state index >= 15 is 0 Å². The standard InChI is InChI=1S/C85H166O17P2/c1-7-10-12-14-16-18-20-22-24-26-28-29-31-33-35-37-41-45-49-57-63-69-84(89)101-80(73-95-82(87)67-61-55-48-44-40-36-34-32-30-27-25-23-21-19-17-15-13-11-8-2)75-99-103(91,92)97-71-79(86)72-98-104(93,94)100-76-81(74-96-83(88)68-62-56-52-51-54-60-66-78(6)9-3)102-85(90)70-64-58-50-46-42-38-39-43-47-53-59-65-77(4)5/h77-81,86H,7-76H2,1-6H3,(H,91,92)(H,93,94)/t78?,79-,80-,81-/m1/s1. The first-order valence-electron chi connectivity index (χ1n) is 44.0. The Morgan fingerprint density at radius 3 is 0.731 bits per heavy atom. The summed E-state index contributed by atoms with van der Waals surface area (Å²) in [5.74, 6) is -0.610. The Hall–Kier alpha value is -1.94. The van der Waals surface area contributed by atoms with E-state index in [9.17, 15) is 43.2 Å². The van der Waals surface area contributed by atoms with Crippen LogP contribution in [-0.4, -0.2) is 96.7 Å². The Bertz CT molecular complexity index is 2000. The summed E-state index contributed by atoms with van der Waals surface area (Å²) in [7, 11) is -9.93. The summed E-state index contributed by atoms with van der Waals surface area (Å²) >= 11 is 0. The highest BCUT2D eigenvalue weighted by Gasteiger charge is 2.30. The van der Waals surface area contributed by atoms with Crippen LogP contribution in [0.15, 0.2) is 0 Å². The minimum atomic E-state index is -4.97. The van der Waals surface area contributed by atoms with Crippen LogP contribution in [0.1, 0.15) is 452 Å². The first kappa shape index (κ1) is 102. The average Bonchev–Trinajstić information content (AvgIpc) is 0.914. The number of ether oxygens (including phenoxy) is 4. The number of phosphoric acid groups is 2. The number of hydrogen-bond donors (Lipinski definition) is 3. The van der Waals surface area contributed by atoms with Gasteiger partial charge in [0.25, 0.3) is 0 Å². The molecule has 0 fully saturated rings. The molecule has 19 heteroatoms. The maximum absolute atomic E-state index is 13.1. The Balaban J connectivity index is 5.22. The molecule has 0 rings (SSSR count). The molecule has 0 aliphatic heterocycles. The highest BCUT2D eigenvalue weighted by molar-refractivity contribution is 7.47. The smallest absolute Gasteiger partial charge is 0.462 e. The van der Waals surface area contributed by atoms with Gasteiger partial charge in [0.1, 0.15) is 19.3 Å². The molecule has 0 aromatic heterocycles. The predicted octanol–water partition coefficient (Wildman–Crippen LogP) is 25.8. The van der Waals surface area contributed by atoms with E-state index in [4.69, 9.17) is 37.0 Å². The molecule has 3 N–H and O–H groups in total. The maximum atomic E-state index is 13.1. The molecule has 0 aliphatic carbocycles. The minimum Gasteiger partial charge on any atom is -0.462 e. The van der Waals surface area contributed by atoms with E-state index in [-0.39, 0.29) is 25.7 Å². The minimum absolute atomic E-state index is 0.106. The number of aliphatic hydroxyl groups excluding tert-OH is 1. The van der Waals surface area contributed by atoms with Crippen molar-refractivity contribution < 1.29 is 80.2 Å². The second-order valence-electron chi connectivity index (χ2n) is 31.3. The van der Waals surface area contributed by atoms with Gasteiger partial charge < -0.3 is 33.8 Å². The molecule has 0 aromatic carbocycles. The molecule has 0 saturated heterocycles. The number of esters is 4. The average molecular weight is 1520 g/mol. The molecule has 17 nitrogen and oxygen atoms in total. The largest absolute Gasteiger partial charge is 0.472 e. The number of rotatable bonds is 84. The van der Waals surface area contributed by atoms with Crippen molar-refractivity contribution in [1.82, 2.24) is 0 Å². The summed E-state index contributed by atoms with van der Waals surface area (Å²) in [6.45, 7) is 9.62. The van der Waals surface area contributed by atoms with Gasteiger partial charge in [0.05, 0.1) is 26.4 Å². The Kier molecular flexibility index (Phi) is 75.0. The molecule has 0 aliphatic rings. The first-order valence-corrected chi connectivity index (χ1v) is 47.0. The Labute approximate surface area is 638 Å². The highest BCUT2D eigenvalue weighted by Crippen LogP contribution is 2.45. The van der Waals surface area contributed by atoms with E-state index in [1.54, 1.807) is 0 Å². The lowest BCUT2D eigenvalue weighted by Crippen LogP contribution is -2.30. The lowest BCUT2D eigenvalue weighted by Gasteiger charge is -2.21. The van der Waals surface area contributed by atoms with E-state index in [0.29, 0.717) is 25.7 Å². The van der Waals surface area contributed by atoms with Gasteiger partial charge in [-0.25, -0.2) is 9.13 Å². The summed E-state index contributed by atoms with van der Waals surface area (Å²) in [6.07, 6.45) is 68.2. The first-order chi connectivity index (χ1) is 50.4. The summed E-state index contributed by atoms with van der Waals surface area (Å²) in [6, 6.07) is 0. The number of unbranched alkanes of at least 4 members (excludes halogenated alkanes) is 53. The van der Waals surface area contributed by atoms with Crippen LogP contribution in [0.5, 0.6) is 0 Å². The van der Waals surface area contributed by atoms with Gasteiger partial charge in [-0.05, 0) is 37.5 Å². The number of hydrogen-bond acceptors (Lipinski definition) is 15. The van der Waals surface area contributed by atoms with Gasteiger partial charge in [-0.3, -0.25) is 37.3 Å². The third-order valence-electron chi connectivity index (χ3n) is 20.3. The second kappa shape index (κ2) is 76.4. The van der Waals surface area contributed by atoms with Gasteiger partial charge in [0.2, 0.25) is 0 Å². The van der Waals surface area contributed by atoms with E-state index in [1.807, 2.05) is 0 Å². The van der Waals surface area contributed by atoms with Crippen LogP contribution in [0.3, 0.4) is 0 Å². The third-order valence-corrected chi connectivity index (χ3v) is 22.2. The predicted molar refractivity (Wildman–Crippen MR) is 428 cm³/mol. The van der Waals surface area contributed by atoms with Gasteiger partial charge >= 0.3 is 39.5 Å². The van der Waals surface area contributed by atoms with Gasteiger partial charge in [-0.1, -0.05) is 401 Å². The van der Waals surface area contributed by atoms with Crippen LogP contribution in [0, 0.1) is 11.8 Å². The molecule has 0 heterocycles. The van der Waals surface area contributed by atoms with Crippen molar-refractivity contribution in [2.45, 2.75) is 471 Å². The van der Waals surface area contributed by atoms with Crippen molar-refractivity contribution in [3.8, 4) is 0 Å². The monoisotopic (exact) mass is 1520 g/mol. The van der Waals surface area contributed by atoms with Crippen molar-refractivity contribution in [1.29, 1.82) is 0 Å². The fraction of sp³-hybridized carbons (Fsp3) is 0.953. The molecule has 0 bridgehead atoms. The quantitative estimate of drug-likeness (QED) is 0.0222. The van der Waals surface area contributed by atoms with Crippen molar-refractivity contribution in [2.75, 3.05) is 39.6 Å².